The minimum Gasteiger partial charge on any atom is -0.212 e. The standard InChI is InChI=1S/C29H42ClN2/c1-18(2)22-13-11-14-23(19(3)4)26(22)31-17-29(9,10)32(28(31)30)27-24(20(5)6)15-12-16-25(27)21(7)8/h11-16,18-21H,17H2,1-10H3/q+1. The van der Waals surface area contributed by atoms with Crippen molar-refractivity contribution >= 4 is 28.3 Å². The van der Waals surface area contributed by atoms with E-state index in [1.807, 2.05) is 0 Å². The lowest BCUT2D eigenvalue weighted by molar-refractivity contribution is -0.436. The summed E-state index contributed by atoms with van der Waals surface area (Å²) in [6, 6.07) is 13.5. The summed E-state index contributed by atoms with van der Waals surface area (Å²) in [4.78, 5) is 2.42. The van der Waals surface area contributed by atoms with Crippen LogP contribution in [-0.4, -0.2) is 22.0 Å². The molecule has 0 radical (unpaired) electrons. The molecule has 0 bridgehead atoms. The number of halogens is 1. The van der Waals surface area contributed by atoms with Crippen LogP contribution in [0.25, 0.3) is 0 Å². The van der Waals surface area contributed by atoms with Gasteiger partial charge >= 0.3 is 5.29 Å². The van der Waals surface area contributed by atoms with E-state index < -0.39 is 0 Å². The SMILES string of the molecule is CC(C)c1cccc(C(C)C)c1N1C(Cl)=[N+](c2c(C(C)C)cccc2C(C)C)CC1(C)C. The average Bonchev–Trinajstić information content (AvgIpc) is 2.94. The molecular weight excluding hydrogens is 412 g/mol. The summed E-state index contributed by atoms with van der Waals surface area (Å²) >= 11 is 7.37. The maximum atomic E-state index is 7.37. The molecule has 1 aliphatic heterocycles. The summed E-state index contributed by atoms with van der Waals surface area (Å²) in [7, 11) is 0. The van der Waals surface area contributed by atoms with Gasteiger partial charge in [-0.3, -0.25) is 0 Å². The van der Waals surface area contributed by atoms with Gasteiger partial charge in [0.05, 0.1) is 0 Å². The second-order valence-corrected chi connectivity index (χ2v) is 11.5. The van der Waals surface area contributed by atoms with E-state index in [-0.39, 0.29) is 5.54 Å². The number of hydrogen-bond donors (Lipinski definition) is 0. The molecule has 0 atom stereocenters. The molecule has 0 saturated carbocycles. The third-order valence-corrected chi connectivity index (χ3v) is 7.11. The average molecular weight is 454 g/mol. The van der Waals surface area contributed by atoms with Crippen LogP contribution < -0.4 is 4.90 Å². The molecule has 3 rings (SSSR count). The monoisotopic (exact) mass is 453 g/mol. The zero-order valence-electron chi connectivity index (χ0n) is 21.8. The normalized spacial score (nSPS) is 16.4. The van der Waals surface area contributed by atoms with Crippen molar-refractivity contribution in [3.63, 3.8) is 0 Å². The van der Waals surface area contributed by atoms with Gasteiger partial charge in [-0.1, -0.05) is 91.8 Å². The van der Waals surface area contributed by atoms with E-state index in [4.69, 9.17) is 11.6 Å². The van der Waals surface area contributed by atoms with Gasteiger partial charge in [0.2, 0.25) is 0 Å². The fourth-order valence-corrected chi connectivity index (χ4v) is 5.51. The Balaban J connectivity index is 2.35. The first-order chi connectivity index (χ1) is 14.9. The van der Waals surface area contributed by atoms with Crippen LogP contribution >= 0.6 is 11.6 Å². The highest BCUT2D eigenvalue weighted by Crippen LogP contribution is 2.44. The van der Waals surface area contributed by atoms with Gasteiger partial charge in [-0.15, -0.1) is 0 Å². The van der Waals surface area contributed by atoms with Gasteiger partial charge in [-0.05, 0) is 37.5 Å². The molecule has 174 valence electrons. The number of benzene rings is 2. The third kappa shape index (κ3) is 4.36. The molecule has 3 heteroatoms. The smallest absolute Gasteiger partial charge is 0.212 e. The molecule has 0 aromatic heterocycles. The summed E-state index contributed by atoms with van der Waals surface area (Å²) in [5.74, 6) is 1.71. The number of hydrogen-bond acceptors (Lipinski definition) is 1. The lowest BCUT2D eigenvalue weighted by atomic mass is 9.90. The van der Waals surface area contributed by atoms with E-state index in [9.17, 15) is 0 Å². The number of rotatable bonds is 6. The number of nitrogens with zero attached hydrogens (tertiary/aromatic N) is 2. The molecule has 2 aromatic carbocycles. The molecule has 0 spiro atoms. The van der Waals surface area contributed by atoms with Crippen LogP contribution in [0.1, 0.15) is 115 Å². The molecule has 2 aromatic rings. The maximum absolute atomic E-state index is 7.37. The van der Waals surface area contributed by atoms with Gasteiger partial charge in [0.15, 0.2) is 0 Å². The van der Waals surface area contributed by atoms with E-state index in [1.54, 1.807) is 0 Å². The Kier molecular flexibility index (Phi) is 7.15. The summed E-state index contributed by atoms with van der Waals surface area (Å²) in [5, 5.41) is 0.819. The second kappa shape index (κ2) is 9.21. The molecule has 2 nitrogen and oxygen atoms in total. The fourth-order valence-electron chi connectivity index (χ4n) is 5.05. The quantitative estimate of drug-likeness (QED) is 0.313. The Bertz CT molecular complexity index is 959. The predicted octanol–water partition coefficient (Wildman–Crippen LogP) is 8.72. The van der Waals surface area contributed by atoms with E-state index in [1.165, 1.54) is 33.6 Å². The van der Waals surface area contributed by atoms with Gasteiger partial charge in [0.25, 0.3) is 0 Å². The summed E-state index contributed by atoms with van der Waals surface area (Å²) in [6.45, 7) is 23.7. The highest BCUT2D eigenvalue weighted by atomic mass is 35.5. The number of para-hydroxylation sites is 2. The van der Waals surface area contributed by atoms with E-state index in [0.717, 1.165) is 11.8 Å². The number of amidine groups is 1. The molecule has 0 saturated heterocycles. The van der Waals surface area contributed by atoms with Crippen LogP contribution in [0.3, 0.4) is 0 Å². The van der Waals surface area contributed by atoms with E-state index in [2.05, 4.69) is 115 Å². The fraction of sp³-hybridized carbons (Fsp3) is 0.552. The van der Waals surface area contributed by atoms with Crippen LogP contribution in [0, 0.1) is 0 Å². The maximum Gasteiger partial charge on any atom is 0.356 e. The Morgan fingerprint density at radius 3 is 1.47 bits per heavy atom. The Morgan fingerprint density at radius 2 is 1.09 bits per heavy atom. The summed E-state index contributed by atoms with van der Waals surface area (Å²) in [6.07, 6.45) is 0. The van der Waals surface area contributed by atoms with Crippen molar-refractivity contribution in [1.82, 2.24) is 0 Å². The largest absolute Gasteiger partial charge is 0.356 e. The molecule has 1 heterocycles. The van der Waals surface area contributed by atoms with Crippen molar-refractivity contribution in [3.8, 4) is 0 Å². The third-order valence-electron chi connectivity index (χ3n) is 6.74. The molecule has 0 fully saturated rings. The molecule has 0 unspecified atom stereocenters. The molecule has 0 aliphatic carbocycles. The topological polar surface area (TPSA) is 6.25 Å². The van der Waals surface area contributed by atoms with Crippen molar-refractivity contribution in [2.75, 3.05) is 11.4 Å². The van der Waals surface area contributed by atoms with Crippen LogP contribution in [0.2, 0.25) is 0 Å². The highest BCUT2D eigenvalue weighted by Gasteiger charge is 2.50. The van der Waals surface area contributed by atoms with Gasteiger partial charge in [0, 0.05) is 33.9 Å². The number of anilines is 1. The molecule has 0 amide bonds. The van der Waals surface area contributed by atoms with Crippen molar-refractivity contribution in [3.05, 3.63) is 58.7 Å². The first-order valence-corrected chi connectivity index (χ1v) is 12.6. The van der Waals surface area contributed by atoms with Crippen molar-refractivity contribution < 1.29 is 4.58 Å². The zero-order valence-corrected chi connectivity index (χ0v) is 22.5. The minimum atomic E-state index is -0.135. The van der Waals surface area contributed by atoms with Gasteiger partial charge in [-0.2, -0.15) is 0 Å². The van der Waals surface area contributed by atoms with Crippen LogP contribution in [-0.2, 0) is 0 Å². The van der Waals surface area contributed by atoms with Gasteiger partial charge in [-0.25, -0.2) is 9.48 Å². The second-order valence-electron chi connectivity index (χ2n) is 11.2. The first kappa shape index (κ1) is 24.8. The van der Waals surface area contributed by atoms with Crippen molar-refractivity contribution in [1.29, 1.82) is 0 Å². The molecule has 0 N–H and O–H groups in total. The van der Waals surface area contributed by atoms with Crippen LogP contribution in [0.5, 0.6) is 0 Å². The Morgan fingerprint density at radius 1 is 0.719 bits per heavy atom. The van der Waals surface area contributed by atoms with Crippen LogP contribution in [0.15, 0.2) is 36.4 Å². The summed E-state index contributed by atoms with van der Waals surface area (Å²) in [5.41, 5.74) is 7.93. The van der Waals surface area contributed by atoms with Crippen molar-refractivity contribution in [2.24, 2.45) is 0 Å². The van der Waals surface area contributed by atoms with Crippen molar-refractivity contribution in [2.45, 2.75) is 98.4 Å². The minimum absolute atomic E-state index is 0.135. The predicted molar refractivity (Wildman–Crippen MR) is 141 cm³/mol. The lowest BCUT2D eigenvalue weighted by Crippen LogP contribution is -2.44. The first-order valence-electron chi connectivity index (χ1n) is 12.2. The highest BCUT2D eigenvalue weighted by molar-refractivity contribution is 6.67. The van der Waals surface area contributed by atoms with Crippen LogP contribution in [0.4, 0.5) is 11.4 Å². The van der Waals surface area contributed by atoms with Gasteiger partial charge in [0.1, 0.15) is 23.5 Å². The molecule has 32 heavy (non-hydrogen) atoms. The zero-order chi connectivity index (χ0) is 24.0. The summed E-state index contributed by atoms with van der Waals surface area (Å²) < 4.78 is 2.38. The van der Waals surface area contributed by atoms with E-state index >= 15 is 0 Å². The Labute approximate surface area is 201 Å². The molecular formula is C29H42ClN2+. The van der Waals surface area contributed by atoms with Gasteiger partial charge < -0.3 is 0 Å². The molecule has 1 aliphatic rings. The van der Waals surface area contributed by atoms with E-state index in [0.29, 0.717) is 23.7 Å². The lowest BCUT2D eigenvalue weighted by Gasteiger charge is -2.30. The Hall–Kier alpha value is -1.80.